The Bertz CT molecular complexity index is 967. The minimum Gasteiger partial charge on any atom is -0.497 e. The van der Waals surface area contributed by atoms with E-state index in [1.807, 2.05) is 78.0 Å². The third kappa shape index (κ3) is 3.52. The van der Waals surface area contributed by atoms with Crippen LogP contribution in [0.4, 0.5) is 5.82 Å². The van der Waals surface area contributed by atoms with E-state index in [9.17, 15) is 4.79 Å². The third-order valence-electron chi connectivity index (χ3n) is 5.04. The summed E-state index contributed by atoms with van der Waals surface area (Å²) < 4.78 is 7.10. The average molecular weight is 394 g/mol. The van der Waals surface area contributed by atoms with E-state index >= 15 is 0 Å². The monoisotopic (exact) mass is 393 g/mol. The number of carbonyl (C=O) groups excluding carboxylic acids is 1. The molecule has 0 aliphatic carbocycles. The fourth-order valence-corrected chi connectivity index (χ4v) is 4.55. The quantitative estimate of drug-likeness (QED) is 0.656. The van der Waals surface area contributed by atoms with E-state index in [4.69, 9.17) is 9.84 Å². The maximum Gasteiger partial charge on any atom is 0.233 e. The van der Waals surface area contributed by atoms with Gasteiger partial charge in [0, 0.05) is 17.1 Å². The van der Waals surface area contributed by atoms with Crippen LogP contribution in [0.5, 0.6) is 5.75 Å². The van der Waals surface area contributed by atoms with Gasteiger partial charge in [0.2, 0.25) is 5.91 Å². The van der Waals surface area contributed by atoms with Crippen molar-refractivity contribution in [3.8, 4) is 11.4 Å². The first kappa shape index (κ1) is 18.6. The van der Waals surface area contributed by atoms with E-state index in [0.717, 1.165) is 52.0 Å². The van der Waals surface area contributed by atoms with Crippen LogP contribution in [-0.2, 0) is 16.3 Å². The second-order valence-electron chi connectivity index (χ2n) is 6.74. The molecule has 0 fully saturated rings. The molecule has 28 heavy (non-hydrogen) atoms. The van der Waals surface area contributed by atoms with Gasteiger partial charge in [0.15, 0.2) is 0 Å². The van der Waals surface area contributed by atoms with Crippen molar-refractivity contribution >= 4 is 23.5 Å². The molecule has 0 radical (unpaired) electrons. The van der Waals surface area contributed by atoms with E-state index < -0.39 is 0 Å². The van der Waals surface area contributed by atoms with E-state index in [2.05, 4.69) is 5.32 Å². The molecular weight excluding hydrogens is 370 g/mol. The molecule has 0 bridgehead atoms. The van der Waals surface area contributed by atoms with Crippen molar-refractivity contribution in [2.75, 3.05) is 12.4 Å². The number of carbonyl (C=O) groups is 1. The average Bonchev–Trinajstić information content (AvgIpc) is 3.32. The summed E-state index contributed by atoms with van der Waals surface area (Å²) in [6, 6.07) is 17.7. The van der Waals surface area contributed by atoms with Gasteiger partial charge in [-0.05, 0) is 36.2 Å². The Morgan fingerprint density at radius 3 is 2.61 bits per heavy atom. The van der Waals surface area contributed by atoms with Crippen LogP contribution < -0.4 is 10.1 Å². The van der Waals surface area contributed by atoms with Crippen molar-refractivity contribution < 1.29 is 9.53 Å². The molecule has 0 saturated heterocycles. The Balaban J connectivity index is 1.67. The number of nitrogens with one attached hydrogen (secondary N) is 1. The van der Waals surface area contributed by atoms with Crippen LogP contribution >= 0.6 is 11.8 Å². The minimum atomic E-state index is -0.190. The number of hydrogen-bond acceptors (Lipinski definition) is 4. The Hall–Kier alpha value is -2.73. The van der Waals surface area contributed by atoms with Crippen LogP contribution in [0.2, 0.25) is 0 Å². The summed E-state index contributed by atoms with van der Waals surface area (Å²) in [5.74, 6) is 3.12. The lowest BCUT2D eigenvalue weighted by atomic mass is 9.95. The highest BCUT2D eigenvalue weighted by atomic mass is 32.2. The SMILES string of the molecule is CC[C@@H](C(=O)Nc1c2c(nn1-c1ccc(OC)cc1)CSC2)c1ccccc1. The van der Waals surface area contributed by atoms with E-state index in [1.165, 1.54) is 0 Å². The first-order chi connectivity index (χ1) is 13.7. The number of aromatic nitrogens is 2. The molecule has 144 valence electrons. The molecule has 1 aromatic heterocycles. The lowest BCUT2D eigenvalue weighted by Gasteiger charge is -2.17. The number of hydrogen-bond donors (Lipinski definition) is 1. The van der Waals surface area contributed by atoms with Crippen molar-refractivity contribution in [1.82, 2.24) is 9.78 Å². The lowest BCUT2D eigenvalue weighted by Crippen LogP contribution is -2.23. The van der Waals surface area contributed by atoms with Gasteiger partial charge in [0.25, 0.3) is 0 Å². The molecule has 4 rings (SSSR count). The van der Waals surface area contributed by atoms with Crippen LogP contribution in [0.1, 0.15) is 36.1 Å². The van der Waals surface area contributed by atoms with Crippen molar-refractivity contribution in [3.63, 3.8) is 0 Å². The van der Waals surface area contributed by atoms with E-state index in [-0.39, 0.29) is 11.8 Å². The molecule has 5 nitrogen and oxygen atoms in total. The van der Waals surface area contributed by atoms with Gasteiger partial charge >= 0.3 is 0 Å². The number of nitrogens with zero attached hydrogens (tertiary/aromatic N) is 2. The number of amides is 1. The molecule has 2 aromatic carbocycles. The Morgan fingerprint density at radius 2 is 1.93 bits per heavy atom. The normalized spacial score (nSPS) is 13.8. The summed E-state index contributed by atoms with van der Waals surface area (Å²) in [4.78, 5) is 13.1. The van der Waals surface area contributed by atoms with Gasteiger partial charge in [-0.3, -0.25) is 4.79 Å². The molecule has 1 aliphatic rings. The smallest absolute Gasteiger partial charge is 0.233 e. The van der Waals surface area contributed by atoms with E-state index in [1.54, 1.807) is 7.11 Å². The first-order valence-corrected chi connectivity index (χ1v) is 10.6. The number of methoxy groups -OCH3 is 1. The fourth-order valence-electron chi connectivity index (χ4n) is 3.51. The number of benzene rings is 2. The Morgan fingerprint density at radius 1 is 1.18 bits per heavy atom. The molecule has 0 spiro atoms. The van der Waals surface area contributed by atoms with Crippen LogP contribution in [-0.4, -0.2) is 22.8 Å². The van der Waals surface area contributed by atoms with Gasteiger partial charge in [-0.15, -0.1) is 0 Å². The van der Waals surface area contributed by atoms with Gasteiger partial charge in [-0.25, -0.2) is 4.68 Å². The summed E-state index contributed by atoms with van der Waals surface area (Å²) in [6.45, 7) is 2.04. The molecule has 1 aliphatic heterocycles. The zero-order valence-electron chi connectivity index (χ0n) is 16.0. The zero-order valence-corrected chi connectivity index (χ0v) is 16.8. The van der Waals surface area contributed by atoms with Gasteiger partial charge in [-0.1, -0.05) is 37.3 Å². The van der Waals surface area contributed by atoms with Gasteiger partial charge in [0.05, 0.1) is 24.4 Å². The zero-order chi connectivity index (χ0) is 19.5. The third-order valence-corrected chi connectivity index (χ3v) is 6.01. The van der Waals surface area contributed by atoms with Gasteiger partial charge < -0.3 is 10.1 Å². The van der Waals surface area contributed by atoms with E-state index in [0.29, 0.717) is 0 Å². The first-order valence-electron chi connectivity index (χ1n) is 9.40. The molecule has 1 N–H and O–H groups in total. The predicted molar refractivity (Wildman–Crippen MR) is 113 cm³/mol. The maximum absolute atomic E-state index is 13.1. The van der Waals surface area contributed by atoms with Crippen molar-refractivity contribution in [2.24, 2.45) is 0 Å². The minimum absolute atomic E-state index is 0.00283. The fraction of sp³-hybridized carbons (Fsp3) is 0.273. The number of anilines is 1. The van der Waals surface area contributed by atoms with Crippen molar-refractivity contribution in [1.29, 1.82) is 0 Å². The summed E-state index contributed by atoms with van der Waals surface area (Å²) >= 11 is 1.82. The second kappa shape index (κ2) is 8.10. The van der Waals surface area contributed by atoms with Crippen LogP contribution in [0.15, 0.2) is 54.6 Å². The Labute approximate surface area is 169 Å². The standard InChI is InChI=1S/C22H23N3O2S/c1-3-18(15-7-5-4-6-8-15)22(26)23-21-19-13-28-14-20(19)24-25(21)16-9-11-17(27-2)12-10-16/h4-12,18H,3,13-14H2,1-2H3,(H,23,26)/t18-/m1/s1. The van der Waals surface area contributed by atoms with Crippen LogP contribution in [0.25, 0.3) is 5.69 Å². The number of ether oxygens (including phenoxy) is 1. The van der Waals surface area contributed by atoms with Gasteiger partial charge in [-0.2, -0.15) is 16.9 Å². The second-order valence-corrected chi connectivity index (χ2v) is 7.72. The van der Waals surface area contributed by atoms with Crippen molar-refractivity contribution in [3.05, 3.63) is 71.4 Å². The topological polar surface area (TPSA) is 56.2 Å². The molecule has 1 amide bonds. The van der Waals surface area contributed by atoms with Crippen LogP contribution in [0, 0.1) is 0 Å². The van der Waals surface area contributed by atoms with Crippen molar-refractivity contribution in [2.45, 2.75) is 30.8 Å². The molecule has 0 unspecified atom stereocenters. The Kier molecular flexibility index (Phi) is 5.39. The summed E-state index contributed by atoms with van der Waals surface area (Å²) in [7, 11) is 1.65. The molecule has 0 saturated carbocycles. The van der Waals surface area contributed by atoms with Crippen LogP contribution in [0.3, 0.4) is 0 Å². The summed E-state index contributed by atoms with van der Waals surface area (Å²) in [5.41, 5.74) is 4.10. The number of thioether (sulfide) groups is 1. The van der Waals surface area contributed by atoms with Gasteiger partial charge in [0.1, 0.15) is 11.6 Å². The summed E-state index contributed by atoms with van der Waals surface area (Å²) in [5, 5.41) is 7.95. The number of fused-ring (bicyclic) bond motifs is 1. The highest BCUT2D eigenvalue weighted by Gasteiger charge is 2.27. The molecule has 2 heterocycles. The maximum atomic E-state index is 13.1. The molecule has 3 aromatic rings. The molecule has 6 heteroatoms. The molecular formula is C22H23N3O2S. The highest BCUT2D eigenvalue weighted by molar-refractivity contribution is 7.98. The molecule has 1 atom stereocenters. The summed E-state index contributed by atoms with van der Waals surface area (Å²) in [6.07, 6.45) is 0.740. The lowest BCUT2D eigenvalue weighted by molar-refractivity contribution is -0.117. The highest BCUT2D eigenvalue weighted by Crippen LogP contribution is 2.37. The largest absolute Gasteiger partial charge is 0.497 e. The predicted octanol–water partition coefficient (Wildman–Crippen LogP) is 4.76. The number of rotatable bonds is 6.